The zero-order chi connectivity index (χ0) is 21.1. The lowest BCUT2D eigenvalue weighted by atomic mass is 9.86. The highest BCUT2D eigenvalue weighted by molar-refractivity contribution is 7.89. The molecule has 5 nitrogen and oxygen atoms in total. The van der Waals surface area contributed by atoms with Crippen LogP contribution in [0.5, 0.6) is 0 Å². The molecule has 162 valence electrons. The number of anilines is 2. The van der Waals surface area contributed by atoms with Gasteiger partial charge in [-0.25, -0.2) is 13.1 Å². The van der Waals surface area contributed by atoms with Gasteiger partial charge in [-0.15, -0.1) is 0 Å². The van der Waals surface area contributed by atoms with Crippen molar-refractivity contribution in [2.45, 2.75) is 51.2 Å². The van der Waals surface area contributed by atoms with Gasteiger partial charge in [0, 0.05) is 31.0 Å². The Labute approximate surface area is 170 Å². The van der Waals surface area contributed by atoms with Crippen molar-refractivity contribution in [3.8, 4) is 0 Å². The third-order valence-electron chi connectivity index (χ3n) is 5.60. The van der Waals surface area contributed by atoms with Crippen molar-refractivity contribution >= 4 is 21.4 Å². The molecule has 1 aliphatic heterocycles. The standard InChI is InChI=1S/C20H28F3N3O2S/c1-2-29(27,28)25-16-7-5-15(6-8-16)14-24-17-9-10-19(26-11-3-4-12-26)18(13-17)20(21,22)23/h3,9-11,13,15-16,24-25H,2,4-8,12,14H2,1H3/t15-,16-. The van der Waals surface area contributed by atoms with Gasteiger partial charge in [-0.2, -0.15) is 13.2 Å². The molecule has 1 heterocycles. The fourth-order valence-electron chi connectivity index (χ4n) is 3.90. The van der Waals surface area contributed by atoms with E-state index in [1.54, 1.807) is 24.1 Å². The molecule has 0 amide bonds. The van der Waals surface area contributed by atoms with E-state index in [4.69, 9.17) is 0 Å². The lowest BCUT2D eigenvalue weighted by Gasteiger charge is -2.29. The van der Waals surface area contributed by atoms with Crippen molar-refractivity contribution in [2.24, 2.45) is 5.92 Å². The first-order valence-corrected chi connectivity index (χ1v) is 11.7. The molecule has 3 rings (SSSR count). The summed E-state index contributed by atoms with van der Waals surface area (Å²) < 4.78 is 66.7. The SMILES string of the molecule is CCS(=O)(=O)N[C@H]1CC[C@H](CNc2ccc(N3C=CCC3)c(C(F)(F)F)c2)CC1. The number of halogens is 3. The summed E-state index contributed by atoms with van der Waals surface area (Å²) in [7, 11) is -3.20. The summed E-state index contributed by atoms with van der Waals surface area (Å²) in [6, 6.07) is 4.36. The normalized spacial score (nSPS) is 22.8. The van der Waals surface area contributed by atoms with Gasteiger partial charge in [0.2, 0.25) is 10.0 Å². The number of rotatable bonds is 7. The van der Waals surface area contributed by atoms with E-state index < -0.39 is 21.8 Å². The Morgan fingerprint density at radius 2 is 1.90 bits per heavy atom. The average Bonchev–Trinajstić information content (AvgIpc) is 3.21. The van der Waals surface area contributed by atoms with Gasteiger partial charge in [-0.1, -0.05) is 6.08 Å². The lowest BCUT2D eigenvalue weighted by Crippen LogP contribution is -2.39. The molecular weight excluding hydrogens is 403 g/mol. The van der Waals surface area contributed by atoms with Crippen LogP contribution in [0.4, 0.5) is 24.5 Å². The molecule has 1 fully saturated rings. The van der Waals surface area contributed by atoms with Crippen molar-refractivity contribution < 1.29 is 21.6 Å². The number of sulfonamides is 1. The van der Waals surface area contributed by atoms with Gasteiger partial charge in [0.05, 0.1) is 17.0 Å². The monoisotopic (exact) mass is 431 g/mol. The molecule has 9 heteroatoms. The molecule has 0 saturated heterocycles. The molecule has 2 aliphatic rings. The third-order valence-corrected chi connectivity index (χ3v) is 7.05. The highest BCUT2D eigenvalue weighted by Gasteiger charge is 2.35. The Kier molecular flexibility index (Phi) is 6.78. The number of nitrogens with zero attached hydrogens (tertiary/aromatic N) is 1. The van der Waals surface area contributed by atoms with Crippen molar-refractivity contribution in [2.75, 3.05) is 29.1 Å². The molecule has 0 radical (unpaired) electrons. The quantitative estimate of drug-likeness (QED) is 0.674. The Bertz CT molecular complexity index is 832. The maximum atomic E-state index is 13.5. The average molecular weight is 432 g/mol. The zero-order valence-electron chi connectivity index (χ0n) is 16.5. The van der Waals surface area contributed by atoms with E-state index in [1.165, 1.54) is 12.1 Å². The van der Waals surface area contributed by atoms with E-state index in [2.05, 4.69) is 10.0 Å². The second-order valence-electron chi connectivity index (χ2n) is 7.72. The number of hydrogen-bond acceptors (Lipinski definition) is 4. The highest BCUT2D eigenvalue weighted by Crippen LogP contribution is 2.39. The van der Waals surface area contributed by atoms with Crippen LogP contribution in [0.3, 0.4) is 0 Å². The third kappa shape index (κ3) is 5.88. The van der Waals surface area contributed by atoms with E-state index in [0.717, 1.165) is 32.1 Å². The molecule has 0 unspecified atom stereocenters. The van der Waals surface area contributed by atoms with Gasteiger partial charge >= 0.3 is 6.18 Å². The first-order chi connectivity index (χ1) is 13.7. The number of nitrogens with one attached hydrogen (secondary N) is 2. The van der Waals surface area contributed by atoms with E-state index in [0.29, 0.717) is 24.7 Å². The Hall–Kier alpha value is -1.74. The maximum Gasteiger partial charge on any atom is 0.418 e. The summed E-state index contributed by atoms with van der Waals surface area (Å²) >= 11 is 0. The molecule has 0 atom stereocenters. The zero-order valence-corrected chi connectivity index (χ0v) is 17.3. The summed E-state index contributed by atoms with van der Waals surface area (Å²) in [5, 5.41) is 3.14. The van der Waals surface area contributed by atoms with Crippen molar-refractivity contribution in [1.29, 1.82) is 0 Å². The van der Waals surface area contributed by atoms with Gasteiger partial charge in [0.1, 0.15) is 0 Å². The van der Waals surface area contributed by atoms with Crippen LogP contribution in [0.15, 0.2) is 30.5 Å². The van der Waals surface area contributed by atoms with E-state index in [1.807, 2.05) is 6.08 Å². The molecule has 0 bridgehead atoms. The van der Waals surface area contributed by atoms with E-state index in [-0.39, 0.29) is 17.5 Å². The minimum absolute atomic E-state index is 0.0409. The van der Waals surface area contributed by atoms with Crippen LogP contribution in [0.25, 0.3) is 0 Å². The van der Waals surface area contributed by atoms with Crippen LogP contribution in [-0.2, 0) is 16.2 Å². The van der Waals surface area contributed by atoms with Crippen LogP contribution in [0.2, 0.25) is 0 Å². The first-order valence-electron chi connectivity index (χ1n) is 10.1. The van der Waals surface area contributed by atoms with Gasteiger partial charge in [0.15, 0.2) is 0 Å². The van der Waals surface area contributed by atoms with Crippen molar-refractivity contribution in [3.05, 3.63) is 36.0 Å². The molecule has 1 aromatic rings. The number of hydrogen-bond donors (Lipinski definition) is 2. The molecule has 0 spiro atoms. The second-order valence-corrected chi connectivity index (χ2v) is 9.76. The highest BCUT2D eigenvalue weighted by atomic mass is 32.2. The van der Waals surface area contributed by atoms with Gasteiger partial charge < -0.3 is 10.2 Å². The first kappa shape index (κ1) is 22.0. The molecule has 29 heavy (non-hydrogen) atoms. The Balaban J connectivity index is 1.58. The van der Waals surface area contributed by atoms with Crippen LogP contribution < -0.4 is 14.9 Å². The molecule has 1 saturated carbocycles. The number of alkyl halides is 3. The largest absolute Gasteiger partial charge is 0.418 e. The van der Waals surface area contributed by atoms with Crippen molar-refractivity contribution in [1.82, 2.24) is 4.72 Å². The number of benzene rings is 1. The minimum atomic E-state index is -4.42. The summed E-state index contributed by atoms with van der Waals surface area (Å²) in [6.07, 6.45) is 3.07. The van der Waals surface area contributed by atoms with E-state index in [9.17, 15) is 21.6 Å². The summed E-state index contributed by atoms with van der Waals surface area (Å²) in [6.45, 7) is 2.74. The topological polar surface area (TPSA) is 61.4 Å². The summed E-state index contributed by atoms with van der Waals surface area (Å²) in [5.41, 5.74) is 0.00491. The lowest BCUT2D eigenvalue weighted by molar-refractivity contribution is -0.137. The van der Waals surface area contributed by atoms with Gasteiger partial charge in [-0.05, 0) is 63.1 Å². The van der Waals surface area contributed by atoms with Crippen LogP contribution in [0.1, 0.15) is 44.6 Å². The Morgan fingerprint density at radius 3 is 2.48 bits per heavy atom. The summed E-state index contributed by atoms with van der Waals surface area (Å²) in [5.74, 6) is 0.382. The van der Waals surface area contributed by atoms with Gasteiger partial charge in [-0.3, -0.25) is 0 Å². The second kappa shape index (κ2) is 8.95. The fourth-order valence-corrected chi connectivity index (χ4v) is 4.81. The molecule has 1 aliphatic carbocycles. The molecule has 0 aromatic heterocycles. The predicted molar refractivity (Wildman–Crippen MR) is 109 cm³/mol. The predicted octanol–water partition coefficient (Wildman–Crippen LogP) is 4.34. The van der Waals surface area contributed by atoms with Crippen LogP contribution in [0, 0.1) is 5.92 Å². The Morgan fingerprint density at radius 1 is 1.17 bits per heavy atom. The van der Waals surface area contributed by atoms with Gasteiger partial charge in [0.25, 0.3) is 0 Å². The van der Waals surface area contributed by atoms with Crippen molar-refractivity contribution in [3.63, 3.8) is 0 Å². The van der Waals surface area contributed by atoms with Crippen LogP contribution >= 0.6 is 0 Å². The van der Waals surface area contributed by atoms with E-state index >= 15 is 0 Å². The maximum absolute atomic E-state index is 13.5. The summed E-state index contributed by atoms with van der Waals surface area (Å²) in [4.78, 5) is 1.63. The molecular formula is C20H28F3N3O2S. The minimum Gasteiger partial charge on any atom is -0.385 e. The smallest absolute Gasteiger partial charge is 0.385 e. The molecule has 1 aromatic carbocycles. The fraction of sp³-hybridized carbons (Fsp3) is 0.600. The van der Waals surface area contributed by atoms with Crippen LogP contribution in [-0.4, -0.2) is 33.3 Å². The molecule has 2 N–H and O–H groups in total.